The van der Waals surface area contributed by atoms with Crippen LogP contribution < -0.4 is 20.1 Å². The van der Waals surface area contributed by atoms with Gasteiger partial charge < -0.3 is 20.1 Å². The third kappa shape index (κ3) is 4.44. The Morgan fingerprint density at radius 3 is 2.20 bits per heavy atom. The molecule has 0 saturated carbocycles. The van der Waals surface area contributed by atoms with Crippen LogP contribution in [0.15, 0.2) is 42.5 Å². The molecule has 0 bridgehead atoms. The molecule has 1 aliphatic heterocycles. The van der Waals surface area contributed by atoms with Gasteiger partial charge in [-0.05, 0) is 43.7 Å². The van der Waals surface area contributed by atoms with E-state index in [0.717, 1.165) is 17.0 Å². The third-order valence-electron chi connectivity index (χ3n) is 3.63. The van der Waals surface area contributed by atoms with Crippen LogP contribution >= 0.6 is 0 Å². The number of fused-ring (bicyclic) bond motifs is 1. The maximum absolute atomic E-state index is 12.3. The maximum atomic E-state index is 12.3. The van der Waals surface area contributed by atoms with Crippen LogP contribution in [0.4, 0.5) is 5.69 Å². The molecule has 5 nitrogen and oxygen atoms in total. The fourth-order valence-corrected chi connectivity index (χ4v) is 2.55. The predicted molar refractivity (Wildman–Crippen MR) is 100 cm³/mol. The van der Waals surface area contributed by atoms with Gasteiger partial charge in [0.15, 0.2) is 0 Å². The Kier molecular flexibility index (Phi) is 6.28. The Labute approximate surface area is 149 Å². The number of hydrogen-bond donors (Lipinski definition) is 2. The zero-order chi connectivity index (χ0) is 18.4. The number of rotatable bonds is 4. The van der Waals surface area contributed by atoms with Gasteiger partial charge in [-0.15, -0.1) is 0 Å². The van der Waals surface area contributed by atoms with Crippen LogP contribution in [0.1, 0.15) is 49.8 Å². The van der Waals surface area contributed by atoms with Crippen molar-refractivity contribution in [1.82, 2.24) is 5.32 Å². The molecule has 0 aromatic heterocycles. The number of hydrogen-bond acceptors (Lipinski definition) is 4. The van der Waals surface area contributed by atoms with Crippen LogP contribution in [0.2, 0.25) is 0 Å². The molecule has 0 fully saturated rings. The summed E-state index contributed by atoms with van der Waals surface area (Å²) >= 11 is 0. The first-order valence-corrected chi connectivity index (χ1v) is 8.59. The first kappa shape index (κ1) is 18.6. The van der Waals surface area contributed by atoms with Crippen LogP contribution in [-0.4, -0.2) is 19.1 Å². The average molecular weight is 342 g/mol. The van der Waals surface area contributed by atoms with Gasteiger partial charge in [0, 0.05) is 6.07 Å². The van der Waals surface area contributed by atoms with Crippen LogP contribution in [0.3, 0.4) is 0 Å². The van der Waals surface area contributed by atoms with Gasteiger partial charge in [0.2, 0.25) is 0 Å². The van der Waals surface area contributed by atoms with Gasteiger partial charge in [-0.2, -0.15) is 0 Å². The van der Waals surface area contributed by atoms with Gasteiger partial charge in [-0.25, -0.2) is 0 Å². The van der Waals surface area contributed by atoms with Crippen LogP contribution in [0, 0.1) is 0 Å². The van der Waals surface area contributed by atoms with E-state index in [-0.39, 0.29) is 18.2 Å². The highest BCUT2D eigenvalue weighted by Crippen LogP contribution is 2.30. The first-order valence-electron chi connectivity index (χ1n) is 8.59. The average Bonchev–Trinajstić information content (AvgIpc) is 2.63. The molecule has 0 spiro atoms. The molecular weight excluding hydrogens is 316 g/mol. The molecule has 1 amide bonds. The second-order valence-electron chi connectivity index (χ2n) is 5.70. The Balaban J connectivity index is 0.00000109. The van der Waals surface area contributed by atoms with Crippen LogP contribution in [0.5, 0.6) is 11.5 Å². The standard InChI is InChI=1S/C18H20N2O3.C2H6/c1-11(2)23-13-6-4-12(5-7-13)17-19-16-10-14(22-3)8-9-15(16)18(21)20-17;1-2/h4-11,17,19H,1-3H3,(H,20,21);1-2H3. The molecular formula is C20H26N2O3. The molecule has 0 radical (unpaired) electrons. The minimum atomic E-state index is -0.282. The summed E-state index contributed by atoms with van der Waals surface area (Å²) in [6.45, 7) is 7.97. The van der Waals surface area contributed by atoms with Crippen molar-refractivity contribution >= 4 is 11.6 Å². The highest BCUT2D eigenvalue weighted by Gasteiger charge is 2.24. The quantitative estimate of drug-likeness (QED) is 0.866. The number of nitrogens with one attached hydrogen (secondary N) is 2. The van der Waals surface area contributed by atoms with Gasteiger partial charge in [0.05, 0.1) is 24.5 Å². The fraction of sp³-hybridized carbons (Fsp3) is 0.350. The normalized spacial score (nSPS) is 15.3. The molecule has 134 valence electrons. The first-order chi connectivity index (χ1) is 12.1. The van der Waals surface area contributed by atoms with Gasteiger partial charge >= 0.3 is 0 Å². The van der Waals surface area contributed by atoms with Crippen molar-refractivity contribution < 1.29 is 14.3 Å². The number of ether oxygens (including phenoxy) is 2. The highest BCUT2D eigenvalue weighted by molar-refractivity contribution is 6.02. The van der Waals surface area contributed by atoms with Gasteiger partial charge in [0.25, 0.3) is 5.91 Å². The van der Waals surface area contributed by atoms with Crippen molar-refractivity contribution in [2.75, 3.05) is 12.4 Å². The van der Waals surface area contributed by atoms with Gasteiger partial charge in [-0.3, -0.25) is 4.79 Å². The number of methoxy groups -OCH3 is 1. The number of carbonyl (C=O) groups excluding carboxylic acids is 1. The lowest BCUT2D eigenvalue weighted by atomic mass is 10.1. The Hall–Kier alpha value is -2.69. The van der Waals surface area contributed by atoms with E-state index in [0.29, 0.717) is 11.3 Å². The van der Waals surface area contributed by atoms with E-state index >= 15 is 0 Å². The van der Waals surface area contributed by atoms with E-state index in [1.165, 1.54) is 0 Å². The summed E-state index contributed by atoms with van der Waals surface area (Å²) in [5.41, 5.74) is 2.34. The van der Waals surface area contributed by atoms with E-state index in [2.05, 4.69) is 10.6 Å². The van der Waals surface area contributed by atoms with E-state index < -0.39 is 0 Å². The summed E-state index contributed by atoms with van der Waals surface area (Å²) in [5.74, 6) is 1.42. The molecule has 2 aromatic carbocycles. The third-order valence-corrected chi connectivity index (χ3v) is 3.63. The molecule has 0 saturated heterocycles. The predicted octanol–water partition coefficient (Wildman–Crippen LogP) is 4.36. The highest BCUT2D eigenvalue weighted by atomic mass is 16.5. The molecule has 1 unspecified atom stereocenters. The van der Waals surface area contributed by atoms with E-state index in [4.69, 9.17) is 9.47 Å². The largest absolute Gasteiger partial charge is 0.497 e. The van der Waals surface area contributed by atoms with E-state index in [1.807, 2.05) is 58.0 Å². The molecule has 25 heavy (non-hydrogen) atoms. The van der Waals surface area contributed by atoms with Crippen molar-refractivity contribution in [3.8, 4) is 11.5 Å². The number of carbonyl (C=O) groups is 1. The number of anilines is 1. The van der Waals surface area contributed by atoms with E-state index in [9.17, 15) is 4.79 Å². The maximum Gasteiger partial charge on any atom is 0.255 e. The minimum absolute atomic E-state index is 0.103. The molecule has 2 N–H and O–H groups in total. The second kappa shape index (κ2) is 8.42. The van der Waals surface area contributed by atoms with Crippen molar-refractivity contribution in [3.63, 3.8) is 0 Å². The molecule has 1 heterocycles. The Morgan fingerprint density at radius 1 is 0.960 bits per heavy atom. The SMILES string of the molecule is CC.COc1ccc2c(c1)NC(c1ccc(OC(C)C)cc1)NC2=O. The molecule has 3 rings (SSSR count). The summed E-state index contributed by atoms with van der Waals surface area (Å²) in [6.07, 6.45) is -0.150. The van der Waals surface area contributed by atoms with E-state index in [1.54, 1.807) is 19.2 Å². The lowest BCUT2D eigenvalue weighted by Gasteiger charge is -2.28. The van der Waals surface area contributed by atoms with Crippen LogP contribution in [-0.2, 0) is 0 Å². The van der Waals surface area contributed by atoms with Crippen molar-refractivity contribution in [2.24, 2.45) is 0 Å². The summed E-state index contributed by atoms with van der Waals surface area (Å²) in [7, 11) is 1.61. The van der Waals surface area contributed by atoms with Crippen LogP contribution in [0.25, 0.3) is 0 Å². The molecule has 1 atom stereocenters. The fourth-order valence-electron chi connectivity index (χ4n) is 2.55. The smallest absolute Gasteiger partial charge is 0.255 e. The Bertz CT molecular complexity index is 711. The Morgan fingerprint density at radius 2 is 1.60 bits per heavy atom. The summed E-state index contributed by atoms with van der Waals surface area (Å²) < 4.78 is 10.9. The molecule has 2 aromatic rings. The minimum Gasteiger partial charge on any atom is -0.497 e. The molecule has 1 aliphatic rings. The van der Waals surface area contributed by atoms with Gasteiger partial charge in [0.1, 0.15) is 17.7 Å². The number of amides is 1. The lowest BCUT2D eigenvalue weighted by Crippen LogP contribution is -2.38. The topological polar surface area (TPSA) is 59.6 Å². The zero-order valence-electron chi connectivity index (χ0n) is 15.4. The second-order valence-corrected chi connectivity index (χ2v) is 5.70. The number of benzene rings is 2. The summed E-state index contributed by atoms with van der Waals surface area (Å²) in [4.78, 5) is 12.3. The van der Waals surface area contributed by atoms with Gasteiger partial charge in [-0.1, -0.05) is 26.0 Å². The van der Waals surface area contributed by atoms with Crippen molar-refractivity contribution in [2.45, 2.75) is 40.0 Å². The summed E-state index contributed by atoms with van der Waals surface area (Å²) in [5, 5.41) is 6.28. The summed E-state index contributed by atoms with van der Waals surface area (Å²) in [6, 6.07) is 13.1. The van der Waals surface area contributed by atoms with Crippen molar-refractivity contribution in [3.05, 3.63) is 53.6 Å². The molecule has 0 aliphatic carbocycles. The molecule has 5 heteroatoms. The van der Waals surface area contributed by atoms with Crippen molar-refractivity contribution in [1.29, 1.82) is 0 Å². The monoisotopic (exact) mass is 342 g/mol. The zero-order valence-corrected chi connectivity index (χ0v) is 15.4. The lowest BCUT2D eigenvalue weighted by molar-refractivity contribution is 0.0935.